The van der Waals surface area contributed by atoms with Crippen LogP contribution in [0.1, 0.15) is 11.4 Å². The molecule has 0 unspecified atom stereocenters. The first kappa shape index (κ1) is 21.9. The van der Waals surface area contributed by atoms with Gasteiger partial charge in [-0.15, -0.1) is 0 Å². The highest BCUT2D eigenvalue weighted by atomic mass is 16.5. The van der Waals surface area contributed by atoms with Crippen molar-refractivity contribution in [3.05, 3.63) is 102 Å². The molecule has 2 aliphatic heterocycles. The summed E-state index contributed by atoms with van der Waals surface area (Å²) in [7, 11) is 2.11. The van der Waals surface area contributed by atoms with Gasteiger partial charge in [0.05, 0.1) is 7.05 Å². The van der Waals surface area contributed by atoms with Gasteiger partial charge in [0.15, 0.2) is 22.5 Å². The summed E-state index contributed by atoms with van der Waals surface area (Å²) in [6.07, 6.45) is 0. The van der Waals surface area contributed by atoms with Gasteiger partial charge in [0.1, 0.15) is 22.8 Å². The minimum absolute atomic E-state index is 0.0356. The van der Waals surface area contributed by atoms with E-state index in [1.165, 1.54) is 0 Å². The minimum atomic E-state index is 0.0356. The topological polar surface area (TPSA) is 40.4 Å². The van der Waals surface area contributed by atoms with Crippen molar-refractivity contribution in [1.29, 1.82) is 0 Å². The Balaban J connectivity index is 1.41. The number of hydrogen-bond donors (Lipinski definition) is 0. The van der Waals surface area contributed by atoms with E-state index in [9.17, 15) is 0 Å². The van der Waals surface area contributed by atoms with E-state index in [2.05, 4.69) is 96.8 Å². The standard InChI is InChI=1S/C34H24BN2O3/c1-19-16-17-22-21-10-4-7-13-26(21)39-33(22)31(19)37-20(2)36(3)32-25(37)18-29-30-34(32)40-28-15-9-6-12-24(28)35(30)23-11-5-8-14-27(23)38-29/h4-18H,1-3H3/q+1. The molecule has 0 radical (unpaired) electrons. The van der Waals surface area contributed by atoms with Gasteiger partial charge in [0, 0.05) is 34.8 Å². The number of imidazole rings is 1. The fourth-order valence-corrected chi connectivity index (χ4v) is 6.83. The highest BCUT2D eigenvalue weighted by Gasteiger charge is 2.43. The number of furan rings is 1. The molecule has 0 N–H and O–H groups in total. The van der Waals surface area contributed by atoms with Crippen molar-refractivity contribution >= 4 is 56.1 Å². The normalized spacial score (nSPS) is 13.2. The van der Waals surface area contributed by atoms with E-state index in [-0.39, 0.29) is 6.71 Å². The van der Waals surface area contributed by atoms with Crippen LogP contribution in [0.5, 0.6) is 23.0 Å². The molecule has 2 aromatic heterocycles. The third kappa shape index (κ3) is 2.65. The lowest BCUT2D eigenvalue weighted by Crippen LogP contribution is -2.57. The fraction of sp³-hybridized carbons (Fsp3) is 0.0882. The Bertz CT molecular complexity index is 2210. The lowest BCUT2D eigenvalue weighted by Gasteiger charge is -2.32. The van der Waals surface area contributed by atoms with E-state index in [1.807, 2.05) is 24.3 Å². The van der Waals surface area contributed by atoms with E-state index in [1.54, 1.807) is 0 Å². The van der Waals surface area contributed by atoms with Crippen molar-refractivity contribution in [3.8, 4) is 28.7 Å². The quantitative estimate of drug-likeness (QED) is 0.207. The first-order valence-electron chi connectivity index (χ1n) is 13.6. The third-order valence-electron chi connectivity index (χ3n) is 8.75. The maximum Gasteiger partial charge on any atom is 0.260 e. The van der Waals surface area contributed by atoms with Crippen molar-refractivity contribution in [1.82, 2.24) is 4.57 Å². The maximum atomic E-state index is 6.77. The summed E-state index contributed by atoms with van der Waals surface area (Å²) >= 11 is 0. The van der Waals surface area contributed by atoms with E-state index in [0.29, 0.717) is 0 Å². The largest absolute Gasteiger partial charge is 0.458 e. The van der Waals surface area contributed by atoms with Gasteiger partial charge in [-0.25, -0.2) is 4.57 Å². The monoisotopic (exact) mass is 519 g/mol. The average molecular weight is 519 g/mol. The molecule has 0 saturated heterocycles. The molecule has 0 spiro atoms. The predicted molar refractivity (Wildman–Crippen MR) is 159 cm³/mol. The van der Waals surface area contributed by atoms with Gasteiger partial charge in [-0.3, -0.25) is 0 Å². The van der Waals surface area contributed by atoms with Gasteiger partial charge in [-0.1, -0.05) is 60.7 Å². The van der Waals surface area contributed by atoms with Gasteiger partial charge in [0.25, 0.3) is 12.5 Å². The number of ether oxygens (including phenoxy) is 2. The second-order valence-corrected chi connectivity index (χ2v) is 10.8. The number of rotatable bonds is 1. The Labute approximate surface area is 230 Å². The van der Waals surface area contributed by atoms with E-state index < -0.39 is 0 Å². The highest BCUT2D eigenvalue weighted by molar-refractivity contribution is 6.98. The number of hydrogen-bond acceptors (Lipinski definition) is 3. The fourth-order valence-electron chi connectivity index (χ4n) is 6.83. The van der Waals surface area contributed by atoms with Crippen molar-refractivity contribution < 1.29 is 18.5 Å². The number of para-hydroxylation sites is 3. The van der Waals surface area contributed by atoms with Crippen LogP contribution in [-0.4, -0.2) is 11.3 Å². The van der Waals surface area contributed by atoms with Gasteiger partial charge >= 0.3 is 0 Å². The summed E-state index contributed by atoms with van der Waals surface area (Å²) < 4.78 is 24.5. The summed E-state index contributed by atoms with van der Waals surface area (Å²) in [6, 6.07) is 31.5. The molecule has 2 aliphatic rings. The molecule has 9 rings (SSSR count). The van der Waals surface area contributed by atoms with Crippen molar-refractivity contribution in [3.63, 3.8) is 0 Å². The minimum Gasteiger partial charge on any atom is -0.458 e. The van der Waals surface area contributed by atoms with Crippen LogP contribution in [-0.2, 0) is 7.05 Å². The molecule has 7 aromatic rings. The van der Waals surface area contributed by atoms with Gasteiger partial charge in [-0.05, 0) is 42.1 Å². The van der Waals surface area contributed by atoms with Crippen LogP contribution in [0, 0.1) is 13.8 Å². The zero-order valence-electron chi connectivity index (χ0n) is 22.4. The zero-order valence-corrected chi connectivity index (χ0v) is 22.4. The van der Waals surface area contributed by atoms with Gasteiger partial charge in [0.2, 0.25) is 5.52 Å². The number of fused-ring (bicyclic) bond motifs is 9. The van der Waals surface area contributed by atoms with Crippen LogP contribution >= 0.6 is 0 Å². The van der Waals surface area contributed by atoms with Crippen molar-refractivity contribution in [2.45, 2.75) is 13.8 Å². The van der Waals surface area contributed by atoms with E-state index in [0.717, 1.165) is 89.4 Å². The van der Waals surface area contributed by atoms with Gasteiger partial charge in [-0.2, -0.15) is 4.57 Å². The van der Waals surface area contributed by atoms with Crippen LogP contribution in [0.15, 0.2) is 95.4 Å². The second kappa shape index (κ2) is 7.57. The SMILES string of the molecule is Cc1ccc2c(oc3ccccc32)c1-n1c(C)[n+](C)c2c3c4c(cc21)Oc1ccccc1B4c1ccccc1O3. The molecule has 190 valence electrons. The van der Waals surface area contributed by atoms with Crippen LogP contribution in [0.25, 0.3) is 38.7 Å². The lowest BCUT2D eigenvalue weighted by atomic mass is 9.35. The third-order valence-corrected chi connectivity index (χ3v) is 8.75. The Kier molecular flexibility index (Phi) is 4.15. The maximum absolute atomic E-state index is 6.77. The highest BCUT2D eigenvalue weighted by Crippen LogP contribution is 2.41. The van der Waals surface area contributed by atoms with E-state index >= 15 is 0 Å². The van der Waals surface area contributed by atoms with Crippen molar-refractivity contribution in [2.75, 3.05) is 0 Å². The number of aromatic nitrogens is 2. The lowest BCUT2D eigenvalue weighted by molar-refractivity contribution is -0.652. The summed E-state index contributed by atoms with van der Waals surface area (Å²) in [5, 5.41) is 2.22. The number of benzene rings is 5. The molecular formula is C34H24BN2O3+. The molecule has 40 heavy (non-hydrogen) atoms. The van der Waals surface area contributed by atoms with Gasteiger partial charge < -0.3 is 13.9 Å². The molecule has 0 fully saturated rings. The molecule has 0 atom stereocenters. The zero-order chi connectivity index (χ0) is 26.7. The Morgan fingerprint density at radius 3 is 2.23 bits per heavy atom. The van der Waals surface area contributed by atoms with E-state index in [4.69, 9.17) is 13.9 Å². The van der Waals surface area contributed by atoms with Crippen LogP contribution in [0.4, 0.5) is 0 Å². The molecule has 6 heteroatoms. The van der Waals surface area contributed by atoms with Crippen LogP contribution < -0.4 is 30.4 Å². The smallest absolute Gasteiger partial charge is 0.260 e. The first-order chi connectivity index (χ1) is 19.6. The number of aryl methyl sites for hydroxylation is 2. The summed E-state index contributed by atoms with van der Waals surface area (Å²) in [6.45, 7) is 4.33. The predicted octanol–water partition coefficient (Wildman–Crippen LogP) is 5.70. The summed E-state index contributed by atoms with van der Waals surface area (Å²) in [4.78, 5) is 0. The first-order valence-corrected chi connectivity index (χ1v) is 13.6. The number of nitrogens with zero attached hydrogens (tertiary/aromatic N) is 2. The molecule has 0 bridgehead atoms. The Morgan fingerprint density at radius 1 is 0.725 bits per heavy atom. The van der Waals surface area contributed by atoms with Crippen LogP contribution in [0.3, 0.4) is 0 Å². The average Bonchev–Trinajstić information content (AvgIpc) is 3.47. The molecule has 5 nitrogen and oxygen atoms in total. The summed E-state index contributed by atoms with van der Waals surface area (Å²) in [5.41, 5.74) is 9.38. The Hall–Kier alpha value is -4.97. The second-order valence-electron chi connectivity index (χ2n) is 10.8. The summed E-state index contributed by atoms with van der Waals surface area (Å²) in [5.74, 6) is 4.52. The molecule has 0 aliphatic carbocycles. The Morgan fingerprint density at radius 2 is 1.43 bits per heavy atom. The molecule has 5 aromatic carbocycles. The van der Waals surface area contributed by atoms with Crippen molar-refractivity contribution in [2.24, 2.45) is 7.05 Å². The molecule has 4 heterocycles. The van der Waals surface area contributed by atoms with Crippen LogP contribution in [0.2, 0.25) is 0 Å². The molecule has 0 amide bonds. The molecular weight excluding hydrogens is 495 g/mol. The molecule has 0 saturated carbocycles.